The molecule has 0 aliphatic rings. The van der Waals surface area contributed by atoms with E-state index < -0.39 is 0 Å². The van der Waals surface area contributed by atoms with Gasteiger partial charge in [-0.3, -0.25) is 4.79 Å². The molecule has 0 aliphatic heterocycles. The van der Waals surface area contributed by atoms with Crippen molar-refractivity contribution in [2.45, 2.75) is 19.8 Å². The van der Waals surface area contributed by atoms with Crippen LogP contribution in [0.5, 0.6) is 0 Å². The lowest BCUT2D eigenvalue weighted by Crippen LogP contribution is -2.31. The fourth-order valence-electron chi connectivity index (χ4n) is 2.14. The average molecular weight is 298 g/mol. The summed E-state index contributed by atoms with van der Waals surface area (Å²) in [5, 5.41) is 5.73. The molecule has 0 aromatic heterocycles. The minimum absolute atomic E-state index is 0.0116. The minimum Gasteiger partial charge on any atom is -0.372 e. The van der Waals surface area contributed by atoms with E-state index in [1.807, 2.05) is 54.6 Å². The van der Waals surface area contributed by atoms with E-state index in [4.69, 9.17) is 4.74 Å². The molecule has 0 heterocycles. The van der Waals surface area contributed by atoms with E-state index in [1.165, 1.54) is 0 Å². The van der Waals surface area contributed by atoms with E-state index in [9.17, 15) is 4.79 Å². The van der Waals surface area contributed by atoms with Crippen LogP contribution in [0.15, 0.2) is 54.6 Å². The number of ether oxygens (including phenoxy) is 1. The van der Waals surface area contributed by atoms with E-state index in [0.717, 1.165) is 16.7 Å². The predicted octanol–water partition coefficient (Wildman–Crippen LogP) is 2.24. The van der Waals surface area contributed by atoms with Gasteiger partial charge in [0, 0.05) is 6.54 Å². The standard InChI is InChI=1S/C18H22N2O2/c1-19-12-18(21)20-11-16-9-5-6-10-17(16)14-22-13-15-7-3-2-4-8-15/h2-10,19H,11-14H2,1H3,(H,20,21). The van der Waals surface area contributed by atoms with E-state index in [-0.39, 0.29) is 5.91 Å². The van der Waals surface area contributed by atoms with Crippen molar-refractivity contribution in [2.24, 2.45) is 0 Å². The summed E-state index contributed by atoms with van der Waals surface area (Å²) < 4.78 is 5.78. The third-order valence-electron chi connectivity index (χ3n) is 3.30. The lowest BCUT2D eigenvalue weighted by molar-refractivity contribution is -0.120. The SMILES string of the molecule is CNCC(=O)NCc1ccccc1COCc1ccccc1. The lowest BCUT2D eigenvalue weighted by Gasteiger charge is -2.11. The number of amides is 1. The zero-order valence-electron chi connectivity index (χ0n) is 12.8. The molecule has 0 spiro atoms. The Morgan fingerprint density at radius 3 is 2.36 bits per heavy atom. The number of benzene rings is 2. The van der Waals surface area contributed by atoms with Gasteiger partial charge in [-0.15, -0.1) is 0 Å². The third kappa shape index (κ3) is 5.31. The van der Waals surface area contributed by atoms with Gasteiger partial charge in [-0.05, 0) is 23.7 Å². The molecule has 1 amide bonds. The van der Waals surface area contributed by atoms with Crippen molar-refractivity contribution < 1.29 is 9.53 Å². The molecule has 4 nitrogen and oxygen atoms in total. The van der Waals surface area contributed by atoms with Crippen molar-refractivity contribution in [3.05, 3.63) is 71.3 Å². The van der Waals surface area contributed by atoms with Crippen molar-refractivity contribution in [3.63, 3.8) is 0 Å². The Labute approximate surface area is 131 Å². The monoisotopic (exact) mass is 298 g/mol. The largest absolute Gasteiger partial charge is 0.372 e. The molecule has 2 aromatic carbocycles. The van der Waals surface area contributed by atoms with Crippen molar-refractivity contribution >= 4 is 5.91 Å². The minimum atomic E-state index is -0.0116. The maximum Gasteiger partial charge on any atom is 0.234 e. The highest BCUT2D eigenvalue weighted by atomic mass is 16.5. The van der Waals surface area contributed by atoms with Gasteiger partial charge in [0.15, 0.2) is 0 Å². The number of carbonyl (C=O) groups is 1. The maximum atomic E-state index is 11.5. The van der Waals surface area contributed by atoms with Gasteiger partial charge in [-0.25, -0.2) is 0 Å². The smallest absolute Gasteiger partial charge is 0.234 e. The van der Waals surface area contributed by atoms with Gasteiger partial charge in [-0.1, -0.05) is 54.6 Å². The van der Waals surface area contributed by atoms with E-state index in [2.05, 4.69) is 10.6 Å². The van der Waals surface area contributed by atoms with E-state index in [1.54, 1.807) is 7.05 Å². The Balaban J connectivity index is 1.86. The quantitative estimate of drug-likeness (QED) is 0.786. The lowest BCUT2D eigenvalue weighted by atomic mass is 10.1. The maximum absolute atomic E-state index is 11.5. The van der Waals surface area contributed by atoms with Crippen LogP contribution in [0.3, 0.4) is 0 Å². The van der Waals surface area contributed by atoms with Crippen LogP contribution in [0, 0.1) is 0 Å². The van der Waals surface area contributed by atoms with Gasteiger partial charge < -0.3 is 15.4 Å². The van der Waals surface area contributed by atoms with Gasteiger partial charge >= 0.3 is 0 Å². The molecule has 0 radical (unpaired) electrons. The van der Waals surface area contributed by atoms with Crippen LogP contribution in [-0.2, 0) is 29.3 Å². The molecule has 4 heteroatoms. The predicted molar refractivity (Wildman–Crippen MR) is 87.2 cm³/mol. The van der Waals surface area contributed by atoms with Crippen LogP contribution < -0.4 is 10.6 Å². The second kappa shape index (κ2) is 8.97. The molecule has 0 atom stereocenters. The van der Waals surface area contributed by atoms with E-state index in [0.29, 0.717) is 26.3 Å². The summed E-state index contributed by atoms with van der Waals surface area (Å²) in [4.78, 5) is 11.5. The second-order valence-electron chi connectivity index (χ2n) is 5.05. The second-order valence-corrected chi connectivity index (χ2v) is 5.05. The summed E-state index contributed by atoms with van der Waals surface area (Å²) >= 11 is 0. The van der Waals surface area contributed by atoms with Crippen LogP contribution in [0.4, 0.5) is 0 Å². The molecule has 2 rings (SSSR count). The molecule has 116 valence electrons. The Morgan fingerprint density at radius 2 is 1.64 bits per heavy atom. The highest BCUT2D eigenvalue weighted by Crippen LogP contribution is 2.11. The number of nitrogens with one attached hydrogen (secondary N) is 2. The number of hydrogen-bond donors (Lipinski definition) is 2. The van der Waals surface area contributed by atoms with Gasteiger partial charge in [0.1, 0.15) is 0 Å². The van der Waals surface area contributed by atoms with Gasteiger partial charge in [-0.2, -0.15) is 0 Å². The first-order valence-electron chi connectivity index (χ1n) is 7.39. The van der Waals surface area contributed by atoms with Crippen molar-refractivity contribution in [1.29, 1.82) is 0 Å². The summed E-state index contributed by atoms with van der Waals surface area (Å²) in [6, 6.07) is 18.1. The fourth-order valence-corrected chi connectivity index (χ4v) is 2.14. The first-order chi connectivity index (χ1) is 10.8. The molecule has 2 aromatic rings. The van der Waals surface area contributed by atoms with Crippen LogP contribution in [0.2, 0.25) is 0 Å². The van der Waals surface area contributed by atoms with Crippen LogP contribution in [0.25, 0.3) is 0 Å². The topological polar surface area (TPSA) is 50.4 Å². The summed E-state index contributed by atoms with van der Waals surface area (Å²) in [6.07, 6.45) is 0. The summed E-state index contributed by atoms with van der Waals surface area (Å²) in [5.74, 6) is -0.0116. The summed E-state index contributed by atoms with van der Waals surface area (Å²) in [6.45, 7) is 1.96. The number of likely N-dealkylation sites (N-methyl/N-ethyl adjacent to an activating group) is 1. The Kier molecular flexibility index (Phi) is 6.61. The van der Waals surface area contributed by atoms with Gasteiger partial charge in [0.2, 0.25) is 5.91 Å². The molecule has 0 aliphatic carbocycles. The molecule has 0 bridgehead atoms. The fraction of sp³-hybridized carbons (Fsp3) is 0.278. The first-order valence-corrected chi connectivity index (χ1v) is 7.39. The molecular formula is C18H22N2O2. The molecular weight excluding hydrogens is 276 g/mol. The number of hydrogen-bond acceptors (Lipinski definition) is 3. The first kappa shape index (κ1) is 16.2. The molecule has 2 N–H and O–H groups in total. The van der Waals surface area contributed by atoms with Crippen LogP contribution in [-0.4, -0.2) is 19.5 Å². The zero-order chi connectivity index (χ0) is 15.6. The Morgan fingerprint density at radius 1 is 0.955 bits per heavy atom. The highest BCUT2D eigenvalue weighted by molar-refractivity contribution is 5.77. The number of rotatable bonds is 8. The van der Waals surface area contributed by atoms with Crippen molar-refractivity contribution in [2.75, 3.05) is 13.6 Å². The average Bonchev–Trinajstić information content (AvgIpc) is 2.55. The summed E-state index contributed by atoms with van der Waals surface area (Å²) in [5.41, 5.74) is 3.34. The van der Waals surface area contributed by atoms with Gasteiger partial charge in [0.25, 0.3) is 0 Å². The van der Waals surface area contributed by atoms with Gasteiger partial charge in [0.05, 0.1) is 19.8 Å². The van der Waals surface area contributed by atoms with E-state index >= 15 is 0 Å². The molecule has 0 unspecified atom stereocenters. The molecule has 22 heavy (non-hydrogen) atoms. The Bertz CT molecular complexity index is 585. The van der Waals surface area contributed by atoms with Crippen LogP contribution >= 0.6 is 0 Å². The summed E-state index contributed by atoms with van der Waals surface area (Å²) in [7, 11) is 1.75. The van der Waals surface area contributed by atoms with Crippen LogP contribution in [0.1, 0.15) is 16.7 Å². The van der Waals surface area contributed by atoms with Crippen molar-refractivity contribution in [1.82, 2.24) is 10.6 Å². The van der Waals surface area contributed by atoms with Crippen molar-refractivity contribution in [3.8, 4) is 0 Å². The number of carbonyl (C=O) groups excluding carboxylic acids is 1. The Hall–Kier alpha value is -2.17. The molecule has 0 saturated heterocycles. The third-order valence-corrected chi connectivity index (χ3v) is 3.30. The normalized spacial score (nSPS) is 10.4. The molecule has 0 saturated carbocycles. The molecule has 0 fully saturated rings. The zero-order valence-corrected chi connectivity index (χ0v) is 12.8. The highest BCUT2D eigenvalue weighted by Gasteiger charge is 2.04.